The van der Waals surface area contributed by atoms with E-state index in [1.165, 1.54) is 0 Å². The normalized spacial score (nSPS) is 14.2. The van der Waals surface area contributed by atoms with Gasteiger partial charge in [-0.05, 0) is 5.56 Å². The predicted octanol–water partition coefficient (Wildman–Crippen LogP) is 1.86. The largest absolute Gasteiger partial charge is 0.392 e. The Morgan fingerprint density at radius 1 is 1.53 bits per heavy atom. The van der Waals surface area contributed by atoms with Gasteiger partial charge in [-0.15, -0.1) is 0 Å². The van der Waals surface area contributed by atoms with Crippen LogP contribution < -0.4 is 0 Å². The molecule has 3 nitrogen and oxygen atoms in total. The zero-order valence-electron chi connectivity index (χ0n) is 9.90. The first kappa shape index (κ1) is 12.6. The Kier molecular flexibility index (Phi) is 4.22. The molecule has 1 aromatic heterocycles. The number of hydrogen-bond acceptors (Lipinski definition) is 3. The van der Waals surface area contributed by atoms with E-state index in [0.717, 1.165) is 11.3 Å². The van der Waals surface area contributed by atoms with Gasteiger partial charge in [-0.1, -0.05) is 20.8 Å². The summed E-state index contributed by atoms with van der Waals surface area (Å²) >= 11 is 1.79. The molecule has 0 saturated carbocycles. The maximum Gasteiger partial charge on any atom is 0.0672 e. The van der Waals surface area contributed by atoms with E-state index in [1.54, 1.807) is 16.4 Å². The fraction of sp³-hybridized carbons (Fsp3) is 0.727. The molecule has 1 unspecified atom stereocenters. The number of aliphatic hydroxyl groups is 1. The zero-order valence-corrected chi connectivity index (χ0v) is 10.7. The van der Waals surface area contributed by atoms with Crippen LogP contribution in [0.25, 0.3) is 0 Å². The highest BCUT2D eigenvalue weighted by Crippen LogP contribution is 2.24. The van der Waals surface area contributed by atoms with Crippen molar-refractivity contribution in [2.24, 2.45) is 7.05 Å². The van der Waals surface area contributed by atoms with Crippen molar-refractivity contribution >= 4 is 11.8 Å². The van der Waals surface area contributed by atoms with Gasteiger partial charge in [-0.25, -0.2) is 0 Å². The van der Waals surface area contributed by atoms with Gasteiger partial charge in [0.15, 0.2) is 0 Å². The third kappa shape index (κ3) is 5.23. The molecule has 0 radical (unpaired) electrons. The fourth-order valence-corrected chi connectivity index (χ4v) is 2.06. The summed E-state index contributed by atoms with van der Waals surface area (Å²) in [6.07, 6.45) is 4.17. The maximum atomic E-state index is 9.82. The highest BCUT2D eigenvalue weighted by atomic mass is 32.2. The van der Waals surface area contributed by atoms with Crippen LogP contribution in [0.5, 0.6) is 0 Å². The van der Waals surface area contributed by atoms with Crippen molar-refractivity contribution in [1.82, 2.24) is 9.78 Å². The SMILES string of the molecule is Cn1cc(CC(O)CSC(C)(C)C)cn1. The molecule has 0 bridgehead atoms. The van der Waals surface area contributed by atoms with Crippen LogP contribution in [0.3, 0.4) is 0 Å². The van der Waals surface area contributed by atoms with Gasteiger partial charge in [0.1, 0.15) is 0 Å². The van der Waals surface area contributed by atoms with Gasteiger partial charge >= 0.3 is 0 Å². The highest BCUT2D eigenvalue weighted by Gasteiger charge is 2.14. The first-order chi connectivity index (χ1) is 6.87. The van der Waals surface area contributed by atoms with Crippen LogP contribution in [-0.4, -0.2) is 31.5 Å². The number of aliphatic hydroxyl groups excluding tert-OH is 1. The molecule has 0 saturated heterocycles. The molecule has 15 heavy (non-hydrogen) atoms. The van der Waals surface area contributed by atoms with Crippen LogP contribution >= 0.6 is 11.8 Å². The standard InChI is InChI=1S/C11H20N2OS/c1-11(2,3)15-8-10(14)5-9-6-12-13(4)7-9/h6-7,10,14H,5,8H2,1-4H3. The molecule has 0 aliphatic rings. The van der Waals surface area contributed by atoms with Gasteiger partial charge in [-0.2, -0.15) is 16.9 Å². The van der Waals surface area contributed by atoms with Crippen LogP contribution in [0, 0.1) is 0 Å². The molecule has 0 spiro atoms. The predicted molar refractivity (Wildman–Crippen MR) is 65.1 cm³/mol. The molecular formula is C11H20N2OS. The summed E-state index contributed by atoms with van der Waals surface area (Å²) in [4.78, 5) is 0. The Balaban J connectivity index is 2.33. The van der Waals surface area contributed by atoms with E-state index in [4.69, 9.17) is 0 Å². The van der Waals surface area contributed by atoms with Crippen LogP contribution in [0.15, 0.2) is 12.4 Å². The minimum Gasteiger partial charge on any atom is -0.392 e. The molecule has 1 N–H and O–H groups in total. The van der Waals surface area contributed by atoms with E-state index in [-0.39, 0.29) is 10.9 Å². The van der Waals surface area contributed by atoms with Crippen LogP contribution in [-0.2, 0) is 13.5 Å². The summed E-state index contributed by atoms with van der Waals surface area (Å²) in [5.41, 5.74) is 1.10. The molecule has 1 aromatic rings. The average Bonchev–Trinajstić information content (AvgIpc) is 2.47. The third-order valence-corrected chi connectivity index (χ3v) is 3.36. The molecule has 0 aliphatic carbocycles. The Labute approximate surface area is 95.9 Å². The van der Waals surface area contributed by atoms with Crippen LogP contribution in [0.4, 0.5) is 0 Å². The number of hydrogen-bond donors (Lipinski definition) is 1. The summed E-state index contributed by atoms with van der Waals surface area (Å²) in [5, 5.41) is 13.9. The fourth-order valence-electron chi connectivity index (χ4n) is 1.25. The quantitative estimate of drug-likeness (QED) is 0.854. The summed E-state index contributed by atoms with van der Waals surface area (Å²) in [6.45, 7) is 6.48. The van der Waals surface area contributed by atoms with E-state index >= 15 is 0 Å². The second kappa shape index (κ2) is 5.03. The molecular weight excluding hydrogens is 208 g/mol. The van der Waals surface area contributed by atoms with Crippen LogP contribution in [0.1, 0.15) is 26.3 Å². The van der Waals surface area contributed by atoms with E-state index in [9.17, 15) is 5.11 Å². The second-order valence-electron chi connectivity index (χ2n) is 4.80. The van der Waals surface area contributed by atoms with Crippen molar-refractivity contribution in [3.8, 4) is 0 Å². The van der Waals surface area contributed by atoms with E-state index in [1.807, 2.05) is 19.4 Å². The molecule has 0 fully saturated rings. The molecule has 0 aromatic carbocycles. The molecule has 4 heteroatoms. The van der Waals surface area contributed by atoms with Crippen molar-refractivity contribution in [1.29, 1.82) is 0 Å². The monoisotopic (exact) mass is 228 g/mol. The van der Waals surface area contributed by atoms with Gasteiger partial charge in [0.05, 0.1) is 12.3 Å². The zero-order chi connectivity index (χ0) is 11.5. The van der Waals surface area contributed by atoms with Crippen molar-refractivity contribution < 1.29 is 5.11 Å². The minimum atomic E-state index is -0.279. The molecule has 1 atom stereocenters. The lowest BCUT2D eigenvalue weighted by molar-refractivity contribution is 0.200. The Bertz CT molecular complexity index is 304. The molecule has 0 aliphatic heterocycles. The lowest BCUT2D eigenvalue weighted by atomic mass is 10.2. The first-order valence-electron chi connectivity index (χ1n) is 5.16. The van der Waals surface area contributed by atoms with Crippen molar-refractivity contribution in [2.45, 2.75) is 38.0 Å². The molecule has 1 rings (SSSR count). The average molecular weight is 228 g/mol. The smallest absolute Gasteiger partial charge is 0.0672 e. The van der Waals surface area contributed by atoms with E-state index < -0.39 is 0 Å². The van der Waals surface area contributed by atoms with E-state index in [0.29, 0.717) is 6.42 Å². The summed E-state index contributed by atoms with van der Waals surface area (Å²) in [5.74, 6) is 0.776. The van der Waals surface area contributed by atoms with Gasteiger partial charge in [0, 0.05) is 30.2 Å². The van der Waals surface area contributed by atoms with Gasteiger partial charge < -0.3 is 5.11 Å². The second-order valence-corrected chi connectivity index (χ2v) is 6.65. The maximum absolute atomic E-state index is 9.82. The Morgan fingerprint density at radius 3 is 2.67 bits per heavy atom. The number of nitrogens with zero attached hydrogens (tertiary/aromatic N) is 2. The molecule has 86 valence electrons. The van der Waals surface area contributed by atoms with Crippen LogP contribution in [0.2, 0.25) is 0 Å². The number of aromatic nitrogens is 2. The lowest BCUT2D eigenvalue weighted by Crippen LogP contribution is -2.18. The summed E-state index contributed by atoms with van der Waals surface area (Å²) in [6, 6.07) is 0. The number of thioether (sulfide) groups is 1. The Morgan fingerprint density at radius 2 is 2.20 bits per heavy atom. The number of rotatable bonds is 4. The van der Waals surface area contributed by atoms with Crippen molar-refractivity contribution in [3.63, 3.8) is 0 Å². The third-order valence-electron chi connectivity index (χ3n) is 1.94. The van der Waals surface area contributed by atoms with E-state index in [2.05, 4.69) is 25.9 Å². The van der Waals surface area contributed by atoms with Crippen molar-refractivity contribution in [2.75, 3.05) is 5.75 Å². The Hall–Kier alpha value is -0.480. The lowest BCUT2D eigenvalue weighted by Gasteiger charge is -2.19. The van der Waals surface area contributed by atoms with Gasteiger partial charge in [0.2, 0.25) is 0 Å². The first-order valence-corrected chi connectivity index (χ1v) is 6.15. The highest BCUT2D eigenvalue weighted by molar-refractivity contribution is 8.00. The molecule has 1 heterocycles. The summed E-state index contributed by atoms with van der Waals surface area (Å²) in [7, 11) is 1.89. The minimum absolute atomic E-state index is 0.218. The van der Waals surface area contributed by atoms with Crippen molar-refractivity contribution in [3.05, 3.63) is 18.0 Å². The molecule has 0 amide bonds. The topological polar surface area (TPSA) is 38.0 Å². The van der Waals surface area contributed by atoms with Gasteiger partial charge in [-0.3, -0.25) is 4.68 Å². The van der Waals surface area contributed by atoms with Gasteiger partial charge in [0.25, 0.3) is 0 Å². The summed E-state index contributed by atoms with van der Waals surface area (Å²) < 4.78 is 1.98. The number of aryl methyl sites for hydroxylation is 1.